The van der Waals surface area contributed by atoms with E-state index in [4.69, 9.17) is 4.74 Å². The van der Waals surface area contributed by atoms with Crippen LogP contribution in [0.25, 0.3) is 16.3 Å². The van der Waals surface area contributed by atoms with Gasteiger partial charge in [-0.1, -0.05) is 11.3 Å². The molecular formula is C12H11N5O2S. The number of ether oxygens (including phenoxy) is 1. The summed E-state index contributed by atoms with van der Waals surface area (Å²) in [6.45, 7) is 2.14. The summed E-state index contributed by atoms with van der Waals surface area (Å²) in [5.74, 6) is 0.319. The highest BCUT2D eigenvalue weighted by Crippen LogP contribution is 2.21. The first-order chi connectivity index (χ1) is 9.78. The van der Waals surface area contributed by atoms with Crippen molar-refractivity contribution >= 4 is 22.3 Å². The highest BCUT2D eigenvalue weighted by atomic mass is 32.1. The maximum Gasteiger partial charge on any atom is 0.312 e. The van der Waals surface area contributed by atoms with Crippen LogP contribution in [0.4, 0.5) is 0 Å². The number of hydrogen-bond donors (Lipinski definition) is 0. The van der Waals surface area contributed by atoms with Crippen molar-refractivity contribution in [3.63, 3.8) is 0 Å². The Bertz CT molecular complexity index is 737. The molecule has 0 atom stereocenters. The Labute approximate surface area is 118 Å². The van der Waals surface area contributed by atoms with Crippen LogP contribution in [0.15, 0.2) is 24.5 Å². The third-order valence-corrected chi connectivity index (χ3v) is 3.45. The summed E-state index contributed by atoms with van der Waals surface area (Å²) in [5.41, 5.74) is 0.827. The van der Waals surface area contributed by atoms with Crippen molar-refractivity contribution in [3.05, 3.63) is 29.5 Å². The molecule has 20 heavy (non-hydrogen) atoms. The molecule has 3 aromatic rings. The molecule has 0 radical (unpaired) electrons. The number of carbonyl (C=O) groups is 1. The second kappa shape index (κ2) is 5.33. The fraction of sp³-hybridized carbons (Fsp3) is 0.250. The van der Waals surface area contributed by atoms with Gasteiger partial charge in [-0.05, 0) is 19.1 Å². The molecule has 7 nitrogen and oxygen atoms in total. The van der Waals surface area contributed by atoms with Crippen LogP contribution in [-0.2, 0) is 16.0 Å². The Kier molecular flexibility index (Phi) is 3.38. The number of carbonyl (C=O) groups excluding carboxylic acids is 1. The fourth-order valence-corrected chi connectivity index (χ4v) is 2.56. The first-order valence-electron chi connectivity index (χ1n) is 6.05. The van der Waals surface area contributed by atoms with Gasteiger partial charge in [-0.25, -0.2) is 0 Å². The van der Waals surface area contributed by atoms with Crippen LogP contribution in [0.3, 0.4) is 0 Å². The van der Waals surface area contributed by atoms with Crippen LogP contribution in [-0.4, -0.2) is 37.4 Å². The molecule has 3 rings (SSSR count). The lowest BCUT2D eigenvalue weighted by molar-refractivity contribution is -0.142. The maximum atomic E-state index is 11.5. The van der Waals surface area contributed by atoms with Crippen LogP contribution in [0.1, 0.15) is 11.9 Å². The Hall–Kier alpha value is -2.35. The Morgan fingerprint density at radius 2 is 2.35 bits per heavy atom. The molecule has 0 unspecified atom stereocenters. The smallest absolute Gasteiger partial charge is 0.312 e. The number of hydrogen-bond acceptors (Lipinski definition) is 7. The molecular weight excluding hydrogens is 278 g/mol. The highest BCUT2D eigenvalue weighted by Gasteiger charge is 2.15. The standard InChI is InChI=1S/C12H11N5O2S/c1-2-19-10(18)6-9-16-17-11(14-15-12(17)20-9)8-4-3-5-13-7-8/h3-5,7H,2,6H2,1H3. The normalized spacial score (nSPS) is 10.8. The zero-order valence-electron chi connectivity index (χ0n) is 10.7. The van der Waals surface area contributed by atoms with Crippen molar-refractivity contribution in [1.29, 1.82) is 0 Å². The lowest BCUT2D eigenvalue weighted by atomic mass is 10.3. The van der Waals surface area contributed by atoms with E-state index in [0.29, 0.717) is 22.4 Å². The molecule has 0 amide bonds. The summed E-state index contributed by atoms with van der Waals surface area (Å²) in [6, 6.07) is 3.70. The van der Waals surface area contributed by atoms with E-state index >= 15 is 0 Å². The minimum atomic E-state index is -0.291. The zero-order chi connectivity index (χ0) is 13.9. The van der Waals surface area contributed by atoms with E-state index in [1.54, 1.807) is 23.8 Å². The summed E-state index contributed by atoms with van der Waals surface area (Å²) < 4.78 is 6.53. The second-order valence-corrected chi connectivity index (χ2v) is 4.98. The molecule has 102 valence electrons. The average molecular weight is 289 g/mol. The van der Waals surface area contributed by atoms with E-state index in [0.717, 1.165) is 5.56 Å². The maximum absolute atomic E-state index is 11.5. The van der Waals surface area contributed by atoms with Gasteiger partial charge in [0, 0.05) is 18.0 Å². The van der Waals surface area contributed by atoms with E-state index in [1.165, 1.54) is 11.3 Å². The number of fused-ring (bicyclic) bond motifs is 1. The van der Waals surface area contributed by atoms with Gasteiger partial charge in [0.1, 0.15) is 5.01 Å². The molecule has 0 N–H and O–H groups in total. The largest absolute Gasteiger partial charge is 0.466 e. The van der Waals surface area contributed by atoms with Crippen molar-refractivity contribution in [1.82, 2.24) is 24.8 Å². The van der Waals surface area contributed by atoms with Gasteiger partial charge in [0.2, 0.25) is 4.96 Å². The molecule has 0 bridgehead atoms. The van der Waals surface area contributed by atoms with Crippen molar-refractivity contribution < 1.29 is 9.53 Å². The summed E-state index contributed by atoms with van der Waals surface area (Å²) in [4.78, 5) is 16.1. The Morgan fingerprint density at radius 1 is 1.45 bits per heavy atom. The van der Waals surface area contributed by atoms with E-state index < -0.39 is 0 Å². The Morgan fingerprint density at radius 3 is 3.10 bits per heavy atom. The van der Waals surface area contributed by atoms with Crippen LogP contribution < -0.4 is 0 Å². The third-order valence-electron chi connectivity index (χ3n) is 2.55. The van der Waals surface area contributed by atoms with Gasteiger partial charge >= 0.3 is 5.97 Å². The molecule has 0 saturated carbocycles. The monoisotopic (exact) mass is 289 g/mol. The van der Waals surface area contributed by atoms with Crippen LogP contribution in [0.2, 0.25) is 0 Å². The quantitative estimate of drug-likeness (QED) is 0.674. The van der Waals surface area contributed by atoms with Gasteiger partial charge in [-0.2, -0.15) is 9.61 Å². The molecule has 3 heterocycles. The van der Waals surface area contributed by atoms with E-state index in [1.807, 2.05) is 12.1 Å². The molecule has 0 spiro atoms. The first-order valence-corrected chi connectivity index (χ1v) is 6.86. The van der Waals surface area contributed by atoms with Gasteiger partial charge < -0.3 is 4.74 Å². The van der Waals surface area contributed by atoms with E-state index in [-0.39, 0.29) is 12.4 Å². The van der Waals surface area contributed by atoms with Crippen LogP contribution >= 0.6 is 11.3 Å². The number of rotatable bonds is 4. The van der Waals surface area contributed by atoms with Gasteiger partial charge in [-0.3, -0.25) is 9.78 Å². The third kappa shape index (κ3) is 2.37. The minimum absolute atomic E-state index is 0.147. The van der Waals surface area contributed by atoms with Crippen molar-refractivity contribution in [3.8, 4) is 11.4 Å². The lowest BCUT2D eigenvalue weighted by Crippen LogP contribution is -2.07. The number of aromatic nitrogens is 5. The topological polar surface area (TPSA) is 82.3 Å². The average Bonchev–Trinajstić information content (AvgIpc) is 2.99. The molecule has 0 aliphatic heterocycles. The minimum Gasteiger partial charge on any atom is -0.466 e. The van der Waals surface area contributed by atoms with Crippen LogP contribution in [0.5, 0.6) is 0 Å². The molecule has 0 fully saturated rings. The molecule has 0 aromatic carbocycles. The van der Waals surface area contributed by atoms with E-state index in [2.05, 4.69) is 20.3 Å². The fourth-order valence-electron chi connectivity index (χ4n) is 1.74. The van der Waals surface area contributed by atoms with Crippen molar-refractivity contribution in [2.75, 3.05) is 6.61 Å². The predicted octanol–water partition coefficient (Wildman–Crippen LogP) is 1.35. The van der Waals surface area contributed by atoms with Crippen LogP contribution in [0, 0.1) is 0 Å². The Balaban J connectivity index is 1.93. The number of esters is 1. The summed E-state index contributed by atoms with van der Waals surface area (Å²) in [6.07, 6.45) is 3.53. The van der Waals surface area contributed by atoms with Gasteiger partial charge in [0.15, 0.2) is 5.82 Å². The molecule has 0 aliphatic carbocycles. The number of pyridine rings is 1. The van der Waals surface area contributed by atoms with Crippen molar-refractivity contribution in [2.45, 2.75) is 13.3 Å². The van der Waals surface area contributed by atoms with Crippen molar-refractivity contribution in [2.24, 2.45) is 0 Å². The molecule has 0 aliphatic rings. The summed E-state index contributed by atoms with van der Waals surface area (Å²) >= 11 is 1.32. The van der Waals surface area contributed by atoms with Gasteiger partial charge in [0.25, 0.3) is 0 Å². The SMILES string of the molecule is CCOC(=O)Cc1nn2c(-c3cccnc3)nnc2s1. The predicted molar refractivity (Wildman–Crippen MR) is 72.2 cm³/mol. The van der Waals surface area contributed by atoms with Gasteiger partial charge in [0.05, 0.1) is 13.0 Å². The van der Waals surface area contributed by atoms with E-state index in [9.17, 15) is 4.79 Å². The molecule has 0 saturated heterocycles. The lowest BCUT2D eigenvalue weighted by Gasteiger charge is -1.97. The second-order valence-electron chi connectivity index (χ2n) is 3.94. The molecule has 3 aromatic heterocycles. The molecule has 8 heteroatoms. The highest BCUT2D eigenvalue weighted by molar-refractivity contribution is 7.16. The zero-order valence-corrected chi connectivity index (χ0v) is 11.5. The number of nitrogens with zero attached hydrogens (tertiary/aromatic N) is 5. The summed E-state index contributed by atoms with van der Waals surface area (Å²) in [7, 11) is 0. The van der Waals surface area contributed by atoms with Gasteiger partial charge in [-0.15, -0.1) is 10.2 Å². The summed E-state index contributed by atoms with van der Waals surface area (Å²) in [5, 5.41) is 13.1. The first kappa shape index (κ1) is 12.7.